The van der Waals surface area contributed by atoms with Gasteiger partial charge in [-0.25, -0.2) is 14.5 Å². The standard InChI is InChI=1S/C22H23N7O2/c30-16-9-15(10-16)25-22-24-11-18-17(5-8-29(18)26-22)14-3-4-20-23-12-19(28(20)13-14)21(31)27-6-1-2-7-27/h3-5,8,11-13,15-16,30H,1-2,6-7,9-10H2,(H,25,26). The van der Waals surface area contributed by atoms with E-state index < -0.39 is 0 Å². The number of aliphatic hydroxyl groups is 1. The summed E-state index contributed by atoms with van der Waals surface area (Å²) in [4.78, 5) is 23.7. The van der Waals surface area contributed by atoms with Crippen molar-refractivity contribution in [2.24, 2.45) is 0 Å². The molecule has 158 valence electrons. The molecule has 0 unspecified atom stereocenters. The Bertz CT molecular complexity index is 1280. The third-order valence-corrected chi connectivity index (χ3v) is 6.29. The molecule has 2 fully saturated rings. The van der Waals surface area contributed by atoms with Crippen LogP contribution in [0, 0.1) is 0 Å². The molecule has 9 heteroatoms. The van der Waals surface area contributed by atoms with Crippen molar-refractivity contribution in [3.05, 3.63) is 48.7 Å². The molecular weight excluding hydrogens is 394 g/mol. The fraction of sp³-hybridized carbons (Fsp3) is 0.364. The molecule has 2 N–H and O–H groups in total. The first kappa shape index (κ1) is 18.3. The molecule has 1 saturated carbocycles. The molecule has 1 aliphatic heterocycles. The van der Waals surface area contributed by atoms with Crippen molar-refractivity contribution in [2.45, 2.75) is 37.8 Å². The number of likely N-dealkylation sites (tertiary alicyclic amines) is 1. The number of nitrogens with zero attached hydrogens (tertiary/aromatic N) is 6. The van der Waals surface area contributed by atoms with Crippen LogP contribution in [0.3, 0.4) is 0 Å². The minimum absolute atomic E-state index is 0.0315. The summed E-state index contributed by atoms with van der Waals surface area (Å²) in [6.07, 6.45) is 10.7. The number of hydrogen-bond acceptors (Lipinski definition) is 6. The second-order valence-electron chi connectivity index (χ2n) is 8.40. The Morgan fingerprint density at radius 1 is 1.10 bits per heavy atom. The third-order valence-electron chi connectivity index (χ3n) is 6.29. The highest BCUT2D eigenvalue weighted by Gasteiger charge is 2.27. The van der Waals surface area contributed by atoms with Gasteiger partial charge in [0.25, 0.3) is 5.91 Å². The Morgan fingerprint density at radius 3 is 2.74 bits per heavy atom. The summed E-state index contributed by atoms with van der Waals surface area (Å²) in [7, 11) is 0. The van der Waals surface area contributed by atoms with Gasteiger partial charge in [0, 0.05) is 42.7 Å². The highest BCUT2D eigenvalue weighted by molar-refractivity contribution is 5.93. The third kappa shape index (κ3) is 3.12. The zero-order valence-corrected chi connectivity index (χ0v) is 17.0. The first-order valence-corrected chi connectivity index (χ1v) is 10.7. The van der Waals surface area contributed by atoms with Crippen LogP contribution in [0.1, 0.15) is 36.2 Å². The quantitative estimate of drug-likeness (QED) is 0.528. The summed E-state index contributed by atoms with van der Waals surface area (Å²) >= 11 is 0. The van der Waals surface area contributed by atoms with Crippen LogP contribution in [0.25, 0.3) is 22.3 Å². The fourth-order valence-corrected chi connectivity index (χ4v) is 4.48. The van der Waals surface area contributed by atoms with E-state index in [0.717, 1.165) is 61.1 Å². The maximum atomic E-state index is 12.9. The van der Waals surface area contributed by atoms with Crippen molar-refractivity contribution in [3.63, 3.8) is 0 Å². The van der Waals surface area contributed by atoms with Gasteiger partial charge in [0.15, 0.2) is 0 Å². The highest BCUT2D eigenvalue weighted by Crippen LogP contribution is 2.27. The molecule has 1 aliphatic carbocycles. The van der Waals surface area contributed by atoms with Crippen LogP contribution in [0.2, 0.25) is 0 Å². The molecule has 0 spiro atoms. The lowest BCUT2D eigenvalue weighted by molar-refractivity contribution is 0.0785. The lowest BCUT2D eigenvalue weighted by Crippen LogP contribution is -2.39. The smallest absolute Gasteiger partial charge is 0.272 e. The number of aromatic nitrogens is 5. The van der Waals surface area contributed by atoms with Crippen LogP contribution in [-0.2, 0) is 0 Å². The molecule has 31 heavy (non-hydrogen) atoms. The van der Waals surface area contributed by atoms with Crippen molar-refractivity contribution in [1.82, 2.24) is 28.9 Å². The molecule has 0 radical (unpaired) electrons. The van der Waals surface area contributed by atoms with Crippen LogP contribution >= 0.6 is 0 Å². The number of imidazole rings is 1. The molecule has 1 amide bonds. The van der Waals surface area contributed by atoms with Crippen molar-refractivity contribution in [3.8, 4) is 11.1 Å². The predicted molar refractivity (Wildman–Crippen MR) is 115 cm³/mol. The molecule has 6 rings (SSSR count). The van der Waals surface area contributed by atoms with Crippen LogP contribution < -0.4 is 5.32 Å². The van der Waals surface area contributed by atoms with E-state index in [9.17, 15) is 9.90 Å². The number of carbonyl (C=O) groups is 1. The first-order valence-electron chi connectivity index (χ1n) is 10.7. The van der Waals surface area contributed by atoms with Gasteiger partial charge in [-0.2, -0.15) is 0 Å². The molecular formula is C22H23N7O2. The highest BCUT2D eigenvalue weighted by atomic mass is 16.3. The maximum absolute atomic E-state index is 12.9. The van der Waals surface area contributed by atoms with Gasteiger partial charge in [-0.1, -0.05) is 0 Å². The Morgan fingerprint density at radius 2 is 1.94 bits per heavy atom. The summed E-state index contributed by atoms with van der Waals surface area (Å²) in [5, 5.41) is 17.3. The number of pyridine rings is 1. The Balaban J connectivity index is 1.33. The van der Waals surface area contributed by atoms with Gasteiger partial charge in [-0.3, -0.25) is 9.20 Å². The van der Waals surface area contributed by atoms with Gasteiger partial charge in [-0.05, 0) is 43.9 Å². The van der Waals surface area contributed by atoms with E-state index in [1.807, 2.05) is 39.9 Å². The molecule has 5 heterocycles. The van der Waals surface area contributed by atoms with E-state index >= 15 is 0 Å². The molecule has 0 aromatic carbocycles. The van der Waals surface area contributed by atoms with Crippen LogP contribution in [0.5, 0.6) is 0 Å². The second kappa shape index (κ2) is 7.05. The number of carbonyl (C=O) groups excluding carboxylic acids is 1. The van der Waals surface area contributed by atoms with Crippen LogP contribution in [0.15, 0.2) is 43.0 Å². The minimum atomic E-state index is -0.222. The average molecular weight is 417 g/mol. The fourth-order valence-electron chi connectivity index (χ4n) is 4.48. The van der Waals surface area contributed by atoms with Gasteiger partial charge in [0.1, 0.15) is 11.3 Å². The largest absolute Gasteiger partial charge is 0.393 e. The molecule has 0 atom stereocenters. The lowest BCUT2D eigenvalue weighted by Gasteiger charge is -2.31. The van der Waals surface area contributed by atoms with Gasteiger partial charge < -0.3 is 15.3 Å². The van der Waals surface area contributed by atoms with E-state index in [2.05, 4.69) is 20.4 Å². The lowest BCUT2D eigenvalue weighted by atomic mass is 9.90. The Labute approximate surface area is 178 Å². The van der Waals surface area contributed by atoms with Crippen molar-refractivity contribution >= 4 is 23.0 Å². The summed E-state index contributed by atoms with van der Waals surface area (Å²) in [5.74, 6) is 0.583. The summed E-state index contributed by atoms with van der Waals surface area (Å²) in [6.45, 7) is 1.62. The van der Waals surface area contributed by atoms with E-state index in [0.29, 0.717) is 11.6 Å². The van der Waals surface area contributed by atoms with Crippen molar-refractivity contribution in [1.29, 1.82) is 0 Å². The number of amides is 1. The molecule has 9 nitrogen and oxygen atoms in total. The zero-order chi connectivity index (χ0) is 20.9. The number of aliphatic hydroxyl groups excluding tert-OH is 1. The molecule has 4 aromatic heterocycles. The number of anilines is 1. The first-order chi connectivity index (χ1) is 15.2. The number of hydrogen-bond donors (Lipinski definition) is 2. The van der Waals surface area contributed by atoms with E-state index in [1.165, 1.54) is 0 Å². The van der Waals surface area contributed by atoms with Crippen molar-refractivity contribution < 1.29 is 9.90 Å². The monoisotopic (exact) mass is 417 g/mol. The molecule has 4 aromatic rings. The number of fused-ring (bicyclic) bond motifs is 2. The van der Waals surface area contributed by atoms with Gasteiger partial charge in [-0.15, -0.1) is 5.10 Å². The molecule has 1 saturated heterocycles. The summed E-state index contributed by atoms with van der Waals surface area (Å²) < 4.78 is 3.67. The van der Waals surface area contributed by atoms with Gasteiger partial charge >= 0.3 is 0 Å². The Kier molecular flexibility index (Phi) is 4.17. The summed E-state index contributed by atoms with van der Waals surface area (Å²) in [5.41, 5.74) is 4.18. The van der Waals surface area contributed by atoms with E-state index in [1.54, 1.807) is 16.9 Å². The molecule has 2 aliphatic rings. The van der Waals surface area contributed by atoms with Crippen LogP contribution in [0.4, 0.5) is 5.95 Å². The molecule has 0 bridgehead atoms. The maximum Gasteiger partial charge on any atom is 0.272 e. The van der Waals surface area contributed by atoms with E-state index in [4.69, 9.17) is 0 Å². The average Bonchev–Trinajstić information content (AvgIpc) is 3.50. The SMILES string of the molecule is O=C(c1cnc2ccc(-c3ccn4nc(NC5CC(O)C5)ncc34)cn12)N1CCCC1. The topological polar surface area (TPSA) is 100 Å². The van der Waals surface area contributed by atoms with Gasteiger partial charge in [0.2, 0.25) is 5.95 Å². The Hall–Kier alpha value is -3.46. The van der Waals surface area contributed by atoms with Crippen molar-refractivity contribution in [2.75, 3.05) is 18.4 Å². The number of nitrogens with one attached hydrogen (secondary N) is 1. The zero-order valence-electron chi connectivity index (χ0n) is 17.0. The van der Waals surface area contributed by atoms with Crippen LogP contribution in [-0.4, -0.2) is 65.1 Å². The minimum Gasteiger partial charge on any atom is -0.393 e. The number of rotatable bonds is 4. The van der Waals surface area contributed by atoms with E-state index in [-0.39, 0.29) is 18.1 Å². The summed E-state index contributed by atoms with van der Waals surface area (Å²) in [6, 6.07) is 6.15. The van der Waals surface area contributed by atoms with Gasteiger partial charge in [0.05, 0.1) is 24.0 Å². The second-order valence-corrected chi connectivity index (χ2v) is 8.40. The normalized spacial score (nSPS) is 21.0. The predicted octanol–water partition coefficient (Wildman–Crippen LogP) is 2.22.